The molecule has 4 N–H and O–H groups in total. The number of nitrogens with two attached hydrogens (primary N) is 1. The minimum atomic E-state index is -1.78. The van der Waals surface area contributed by atoms with Crippen molar-refractivity contribution in [3.8, 4) is 29.0 Å². The van der Waals surface area contributed by atoms with E-state index in [1.807, 2.05) is 0 Å². The highest BCUT2D eigenvalue weighted by molar-refractivity contribution is 5.70. The highest BCUT2D eigenvalue weighted by Gasteiger charge is 2.26. The summed E-state index contributed by atoms with van der Waals surface area (Å²) in [5.41, 5.74) is 4.47. The van der Waals surface area contributed by atoms with Crippen molar-refractivity contribution in [2.45, 2.75) is 25.3 Å². The van der Waals surface area contributed by atoms with E-state index in [-0.39, 0.29) is 35.1 Å². The Labute approximate surface area is 169 Å². The number of aliphatic hydroxyl groups is 2. The average Bonchev–Trinajstić information content (AvgIpc) is 3.32. The molecule has 2 atom stereocenters. The summed E-state index contributed by atoms with van der Waals surface area (Å²) >= 11 is 0. The summed E-state index contributed by atoms with van der Waals surface area (Å²) in [6, 6.07) is 3.89. The van der Waals surface area contributed by atoms with E-state index in [2.05, 4.69) is 22.0 Å². The molecule has 1 aliphatic heterocycles. The zero-order chi connectivity index (χ0) is 21.5. The van der Waals surface area contributed by atoms with Gasteiger partial charge in [-0.1, -0.05) is 17.0 Å². The van der Waals surface area contributed by atoms with Crippen LogP contribution in [0.1, 0.15) is 40.7 Å². The van der Waals surface area contributed by atoms with Gasteiger partial charge in [0.25, 0.3) is 0 Å². The Kier molecular flexibility index (Phi) is 4.87. The second-order valence-corrected chi connectivity index (χ2v) is 6.86. The predicted octanol–water partition coefficient (Wildman–Crippen LogP) is 1.09. The molecule has 9 nitrogen and oxygen atoms in total. The van der Waals surface area contributed by atoms with Crippen LogP contribution in [0, 0.1) is 17.7 Å². The van der Waals surface area contributed by atoms with Crippen molar-refractivity contribution < 1.29 is 28.7 Å². The van der Waals surface area contributed by atoms with Gasteiger partial charge in [-0.2, -0.15) is 0 Å². The number of halogens is 1. The summed E-state index contributed by atoms with van der Waals surface area (Å²) in [5, 5.41) is 23.8. The number of aliphatic hydroxyl groups excluding tert-OH is 1. The number of hydrogen-bond acceptors (Lipinski definition) is 8. The third-order valence-electron chi connectivity index (χ3n) is 4.58. The fourth-order valence-electron chi connectivity index (χ4n) is 2.99. The number of fused-ring (bicyclic) bond motifs is 3. The number of aldehydes is 1. The Morgan fingerprint density at radius 1 is 1.43 bits per heavy atom. The van der Waals surface area contributed by atoms with Gasteiger partial charge in [-0.25, -0.2) is 9.37 Å². The number of carbonyl (C=O) groups excluding carboxylic acids is 1. The first-order valence-electron chi connectivity index (χ1n) is 8.94. The van der Waals surface area contributed by atoms with Crippen molar-refractivity contribution in [3.63, 3.8) is 0 Å². The van der Waals surface area contributed by atoms with Crippen molar-refractivity contribution in [2.24, 2.45) is 5.73 Å². The van der Waals surface area contributed by atoms with E-state index in [1.165, 1.54) is 25.1 Å². The van der Waals surface area contributed by atoms with E-state index in [0.29, 0.717) is 24.2 Å². The fraction of sp³-hybridized carbons (Fsp3) is 0.250. The summed E-state index contributed by atoms with van der Waals surface area (Å²) in [6.45, 7) is 2.06. The van der Waals surface area contributed by atoms with Gasteiger partial charge in [-0.3, -0.25) is 4.79 Å². The summed E-state index contributed by atoms with van der Waals surface area (Å²) < 4.78 is 26.7. The fourth-order valence-corrected chi connectivity index (χ4v) is 2.99. The monoisotopic (exact) mass is 412 g/mol. The molecule has 4 rings (SSSR count). The van der Waals surface area contributed by atoms with Crippen LogP contribution in [0.3, 0.4) is 0 Å². The SMILES string of the molecule is CC(O)(C#Cc1cc2c(cc1F)OCCn1cc(C(N)O)nc1-2)c1cc(C=O)on1. The van der Waals surface area contributed by atoms with Gasteiger partial charge in [0.05, 0.1) is 17.7 Å². The molecule has 3 aromatic rings. The predicted molar refractivity (Wildman–Crippen MR) is 101 cm³/mol. The largest absolute Gasteiger partial charge is 0.491 e. The van der Waals surface area contributed by atoms with E-state index < -0.39 is 17.6 Å². The Morgan fingerprint density at radius 2 is 2.23 bits per heavy atom. The summed E-state index contributed by atoms with van der Waals surface area (Å²) in [6.07, 6.45) is 0.802. The lowest BCUT2D eigenvalue weighted by atomic mass is 10.0. The Balaban J connectivity index is 1.76. The maximum Gasteiger partial charge on any atom is 0.199 e. The number of nitrogens with zero attached hydrogens (tertiary/aromatic N) is 3. The van der Waals surface area contributed by atoms with Gasteiger partial charge in [-0.05, 0) is 13.0 Å². The van der Waals surface area contributed by atoms with Gasteiger partial charge in [0, 0.05) is 18.3 Å². The number of ether oxygens (including phenoxy) is 1. The summed E-state index contributed by atoms with van der Waals surface area (Å²) in [4.78, 5) is 15.1. The van der Waals surface area contributed by atoms with Gasteiger partial charge in [-0.15, -0.1) is 0 Å². The highest BCUT2D eigenvalue weighted by Crippen LogP contribution is 2.34. The van der Waals surface area contributed by atoms with Gasteiger partial charge >= 0.3 is 0 Å². The minimum Gasteiger partial charge on any atom is -0.491 e. The first kappa shape index (κ1) is 19.8. The van der Waals surface area contributed by atoms with Crippen molar-refractivity contribution in [3.05, 3.63) is 52.9 Å². The molecule has 1 aliphatic rings. The number of benzene rings is 1. The van der Waals surface area contributed by atoms with E-state index in [9.17, 15) is 19.4 Å². The minimum absolute atomic E-state index is 0.0111. The van der Waals surface area contributed by atoms with Gasteiger partial charge in [0.15, 0.2) is 17.6 Å². The number of carbonyl (C=O) groups is 1. The lowest BCUT2D eigenvalue weighted by Gasteiger charge is -2.12. The number of aromatic nitrogens is 3. The molecule has 10 heteroatoms. The third-order valence-corrected chi connectivity index (χ3v) is 4.58. The van der Waals surface area contributed by atoms with Crippen LogP contribution < -0.4 is 10.5 Å². The third kappa shape index (κ3) is 3.57. The number of hydrogen-bond donors (Lipinski definition) is 3. The van der Waals surface area contributed by atoms with Gasteiger partial charge < -0.3 is 29.8 Å². The smallest absolute Gasteiger partial charge is 0.199 e. The zero-order valence-corrected chi connectivity index (χ0v) is 15.8. The van der Waals surface area contributed by atoms with Gasteiger partial charge in [0.2, 0.25) is 0 Å². The summed E-state index contributed by atoms with van der Waals surface area (Å²) in [7, 11) is 0. The van der Waals surface area contributed by atoms with Crippen molar-refractivity contribution in [1.82, 2.24) is 14.7 Å². The van der Waals surface area contributed by atoms with E-state index in [0.717, 1.165) is 0 Å². The number of imidazole rings is 1. The molecule has 30 heavy (non-hydrogen) atoms. The second kappa shape index (κ2) is 7.38. The lowest BCUT2D eigenvalue weighted by Crippen LogP contribution is -2.19. The zero-order valence-electron chi connectivity index (χ0n) is 15.8. The molecule has 0 spiro atoms. The molecule has 0 amide bonds. The standard InChI is InChI=1S/C20H17FN4O5/c1-20(28,17-7-12(10-26)30-24-17)3-2-11-6-13-16(8-14(11)21)29-5-4-25-9-15(18(22)27)23-19(13)25/h6-10,18,27-28H,4-5,22H2,1H3. The Hall–Kier alpha value is -3.52. The topological polar surface area (TPSA) is 137 Å². The van der Waals surface area contributed by atoms with E-state index in [1.54, 1.807) is 10.8 Å². The van der Waals surface area contributed by atoms with Crippen LogP contribution in [0.4, 0.5) is 4.39 Å². The summed E-state index contributed by atoms with van der Waals surface area (Å²) in [5.74, 6) is 5.15. The molecule has 0 bridgehead atoms. The Bertz CT molecular complexity index is 1190. The quantitative estimate of drug-likeness (QED) is 0.330. The molecule has 0 radical (unpaired) electrons. The van der Waals surface area contributed by atoms with E-state index >= 15 is 0 Å². The molecular weight excluding hydrogens is 395 g/mol. The molecule has 0 saturated heterocycles. The van der Waals surface area contributed by atoms with Crippen molar-refractivity contribution in [2.75, 3.05) is 6.61 Å². The van der Waals surface area contributed by atoms with Crippen LogP contribution in [0.2, 0.25) is 0 Å². The molecule has 1 aromatic carbocycles. The normalized spacial score (nSPS) is 15.5. The maximum atomic E-state index is 14.6. The first-order valence-corrected chi connectivity index (χ1v) is 8.94. The van der Waals surface area contributed by atoms with Crippen LogP contribution >= 0.6 is 0 Å². The maximum absolute atomic E-state index is 14.6. The molecule has 0 saturated carbocycles. The molecule has 2 unspecified atom stereocenters. The van der Waals surface area contributed by atoms with Crippen LogP contribution in [0.15, 0.2) is 28.9 Å². The first-order chi connectivity index (χ1) is 14.3. The number of rotatable bonds is 3. The molecule has 3 heterocycles. The van der Waals surface area contributed by atoms with Crippen molar-refractivity contribution in [1.29, 1.82) is 0 Å². The molecular formula is C20H17FN4O5. The van der Waals surface area contributed by atoms with Crippen LogP contribution in [0.25, 0.3) is 11.4 Å². The molecule has 2 aromatic heterocycles. The van der Waals surface area contributed by atoms with Gasteiger partial charge in [0.1, 0.15) is 41.6 Å². The molecule has 154 valence electrons. The molecule has 0 aliphatic carbocycles. The average molecular weight is 412 g/mol. The van der Waals surface area contributed by atoms with Crippen LogP contribution in [-0.4, -0.2) is 37.8 Å². The van der Waals surface area contributed by atoms with Crippen LogP contribution in [0.5, 0.6) is 5.75 Å². The van der Waals surface area contributed by atoms with Crippen molar-refractivity contribution >= 4 is 6.29 Å². The van der Waals surface area contributed by atoms with E-state index in [4.69, 9.17) is 15.0 Å². The lowest BCUT2D eigenvalue weighted by molar-refractivity contribution is 0.107. The second-order valence-electron chi connectivity index (χ2n) is 6.86. The highest BCUT2D eigenvalue weighted by atomic mass is 19.1. The Morgan fingerprint density at radius 3 is 2.93 bits per heavy atom. The van der Waals surface area contributed by atoms with Crippen LogP contribution in [-0.2, 0) is 12.1 Å². The molecule has 0 fully saturated rings.